The third-order valence-electron chi connectivity index (χ3n) is 0. The van der Waals surface area contributed by atoms with Crippen LogP contribution in [0.3, 0.4) is 0 Å². The Kier molecular flexibility index (Phi) is 4.69. The summed E-state index contributed by atoms with van der Waals surface area (Å²) in [4.78, 5) is 0. The van der Waals surface area contributed by atoms with E-state index in [1.807, 2.05) is 0 Å². The van der Waals surface area contributed by atoms with Crippen LogP contribution in [0.1, 0.15) is 27.7 Å². The molecular formula is C6H12F4. The minimum Gasteiger partial charge on any atom is -0.208 e. The van der Waals surface area contributed by atoms with Gasteiger partial charge in [-0.15, -0.1) is 0 Å². The number of hydrogen-bond donors (Lipinski definition) is 0. The molecule has 0 radical (unpaired) electrons. The zero-order valence-corrected chi connectivity index (χ0v) is 6.51. The van der Waals surface area contributed by atoms with E-state index in [9.17, 15) is 17.6 Å². The van der Waals surface area contributed by atoms with Crippen LogP contribution < -0.4 is 0 Å². The first kappa shape index (κ1) is 12.4. The van der Waals surface area contributed by atoms with E-state index >= 15 is 0 Å². The van der Waals surface area contributed by atoms with E-state index in [2.05, 4.69) is 0 Å². The highest BCUT2D eigenvalue weighted by Gasteiger charge is 2.08. The molecule has 0 aliphatic carbocycles. The van der Waals surface area contributed by atoms with Crippen LogP contribution in [0.15, 0.2) is 0 Å². The van der Waals surface area contributed by atoms with E-state index in [1.54, 1.807) is 0 Å². The Hall–Kier alpha value is -0.280. The maximum Gasteiger partial charge on any atom is 0.242 e. The number of alkyl halides is 4. The molecule has 0 atom stereocenters. The van der Waals surface area contributed by atoms with Crippen LogP contribution in [0.25, 0.3) is 0 Å². The Balaban J connectivity index is 0. The van der Waals surface area contributed by atoms with Crippen LogP contribution in [0, 0.1) is 0 Å². The van der Waals surface area contributed by atoms with Crippen LogP contribution in [0.4, 0.5) is 17.6 Å². The molecule has 0 bridgehead atoms. The highest BCUT2D eigenvalue weighted by Crippen LogP contribution is 2.07. The van der Waals surface area contributed by atoms with Gasteiger partial charge in [-0.3, -0.25) is 0 Å². The summed E-state index contributed by atoms with van der Waals surface area (Å²) in [6.07, 6.45) is 0. The molecule has 0 amide bonds. The predicted molar refractivity (Wildman–Crippen MR) is 32.6 cm³/mol. The average molecular weight is 160 g/mol. The fraction of sp³-hybridized carbons (Fsp3) is 1.00. The summed E-state index contributed by atoms with van der Waals surface area (Å²) >= 11 is 0. The maximum absolute atomic E-state index is 11.0. The number of rotatable bonds is 0. The lowest BCUT2D eigenvalue weighted by molar-refractivity contribution is 0.0428. The number of halogens is 4. The van der Waals surface area contributed by atoms with Gasteiger partial charge in [0, 0.05) is 0 Å². The standard InChI is InChI=1S/2C3H6F2/c2*1-3(2,4)5/h2*1-2H3. The fourth-order valence-electron chi connectivity index (χ4n) is 0. The first-order valence-electron chi connectivity index (χ1n) is 2.76. The lowest BCUT2D eigenvalue weighted by Gasteiger charge is -1.94. The molecule has 0 rings (SSSR count). The van der Waals surface area contributed by atoms with E-state index < -0.39 is 11.8 Å². The van der Waals surface area contributed by atoms with Gasteiger partial charge in [-0.05, 0) is 27.7 Å². The zero-order valence-electron chi connectivity index (χ0n) is 6.51. The van der Waals surface area contributed by atoms with Crippen molar-refractivity contribution in [3.8, 4) is 0 Å². The molecule has 0 nitrogen and oxygen atoms in total. The highest BCUT2D eigenvalue weighted by atomic mass is 19.3. The van der Waals surface area contributed by atoms with Crippen molar-refractivity contribution in [3.63, 3.8) is 0 Å². The van der Waals surface area contributed by atoms with Gasteiger partial charge in [0.15, 0.2) is 0 Å². The molecule has 64 valence electrons. The fourth-order valence-corrected chi connectivity index (χ4v) is 0. The molecule has 0 aliphatic rings. The molecule has 0 heterocycles. The summed E-state index contributed by atoms with van der Waals surface area (Å²) < 4.78 is 44.1. The van der Waals surface area contributed by atoms with Crippen molar-refractivity contribution >= 4 is 0 Å². The van der Waals surface area contributed by atoms with Crippen LogP contribution in [-0.4, -0.2) is 11.8 Å². The van der Waals surface area contributed by atoms with E-state index in [0.717, 1.165) is 27.7 Å². The van der Waals surface area contributed by atoms with Gasteiger partial charge in [-0.2, -0.15) is 0 Å². The van der Waals surface area contributed by atoms with Crippen LogP contribution in [-0.2, 0) is 0 Å². The second-order valence-corrected chi connectivity index (χ2v) is 2.65. The monoisotopic (exact) mass is 160 g/mol. The molecule has 0 saturated heterocycles. The predicted octanol–water partition coefficient (Wildman–Crippen LogP) is 3.32. The van der Waals surface area contributed by atoms with Crippen LogP contribution in [0.5, 0.6) is 0 Å². The smallest absolute Gasteiger partial charge is 0.208 e. The van der Waals surface area contributed by atoms with Gasteiger partial charge >= 0.3 is 0 Å². The van der Waals surface area contributed by atoms with Gasteiger partial charge in [0.05, 0.1) is 0 Å². The first-order valence-corrected chi connectivity index (χ1v) is 2.76. The van der Waals surface area contributed by atoms with Crippen LogP contribution in [0.2, 0.25) is 0 Å². The molecule has 4 heteroatoms. The SMILES string of the molecule is CC(C)(F)F.CC(C)(F)F. The Morgan fingerprint density at radius 1 is 0.600 bits per heavy atom. The quantitative estimate of drug-likeness (QED) is 0.477. The molecule has 0 unspecified atom stereocenters. The lowest BCUT2D eigenvalue weighted by Crippen LogP contribution is -1.98. The van der Waals surface area contributed by atoms with Crippen molar-refractivity contribution in [2.45, 2.75) is 39.5 Å². The Morgan fingerprint density at radius 2 is 0.600 bits per heavy atom. The van der Waals surface area contributed by atoms with Gasteiger partial charge in [-0.25, -0.2) is 17.6 Å². The normalized spacial score (nSPS) is 12.0. The van der Waals surface area contributed by atoms with Crippen LogP contribution >= 0.6 is 0 Å². The summed E-state index contributed by atoms with van der Waals surface area (Å²) in [5, 5.41) is 0. The van der Waals surface area contributed by atoms with Gasteiger partial charge in [-0.1, -0.05) is 0 Å². The number of hydrogen-bond acceptors (Lipinski definition) is 0. The van der Waals surface area contributed by atoms with E-state index in [0.29, 0.717) is 0 Å². The zero-order chi connectivity index (χ0) is 9.00. The Morgan fingerprint density at radius 3 is 0.600 bits per heavy atom. The van der Waals surface area contributed by atoms with Gasteiger partial charge in [0.2, 0.25) is 11.8 Å². The molecular weight excluding hydrogens is 148 g/mol. The molecule has 0 aromatic carbocycles. The molecule has 0 fully saturated rings. The third kappa shape index (κ3) is 4450. The minimum atomic E-state index is -2.50. The Bertz CT molecular complexity index is 52.7. The lowest BCUT2D eigenvalue weighted by atomic mass is 10.5. The largest absolute Gasteiger partial charge is 0.242 e. The first-order chi connectivity index (χ1) is 4.00. The molecule has 0 aromatic rings. The highest BCUT2D eigenvalue weighted by molar-refractivity contribution is 4.40. The maximum atomic E-state index is 11.0. The van der Waals surface area contributed by atoms with Crippen molar-refractivity contribution in [2.24, 2.45) is 0 Å². The third-order valence-corrected chi connectivity index (χ3v) is 0. The molecule has 0 spiro atoms. The van der Waals surface area contributed by atoms with E-state index in [-0.39, 0.29) is 0 Å². The molecule has 10 heavy (non-hydrogen) atoms. The molecule has 0 aliphatic heterocycles. The summed E-state index contributed by atoms with van der Waals surface area (Å²) in [5.41, 5.74) is 0. The topological polar surface area (TPSA) is 0 Å². The molecule has 0 N–H and O–H groups in total. The van der Waals surface area contributed by atoms with Crippen molar-refractivity contribution in [2.75, 3.05) is 0 Å². The molecule has 0 saturated carbocycles. The average Bonchev–Trinajstić information content (AvgIpc) is 1.12. The molecule has 0 aromatic heterocycles. The minimum absolute atomic E-state index is 0.854. The van der Waals surface area contributed by atoms with Crippen molar-refractivity contribution < 1.29 is 17.6 Å². The van der Waals surface area contributed by atoms with Crippen molar-refractivity contribution in [3.05, 3.63) is 0 Å². The summed E-state index contributed by atoms with van der Waals surface area (Å²) in [5.74, 6) is -5.00. The summed E-state index contributed by atoms with van der Waals surface area (Å²) in [7, 11) is 0. The van der Waals surface area contributed by atoms with Crippen molar-refractivity contribution in [1.29, 1.82) is 0 Å². The summed E-state index contributed by atoms with van der Waals surface area (Å²) in [6.45, 7) is 3.42. The van der Waals surface area contributed by atoms with Gasteiger partial charge in [0.25, 0.3) is 0 Å². The van der Waals surface area contributed by atoms with E-state index in [1.165, 1.54) is 0 Å². The second kappa shape index (κ2) is 3.78. The second-order valence-electron chi connectivity index (χ2n) is 2.65. The van der Waals surface area contributed by atoms with Gasteiger partial charge < -0.3 is 0 Å². The van der Waals surface area contributed by atoms with Gasteiger partial charge in [0.1, 0.15) is 0 Å². The van der Waals surface area contributed by atoms with Crippen molar-refractivity contribution in [1.82, 2.24) is 0 Å². The van der Waals surface area contributed by atoms with E-state index in [4.69, 9.17) is 0 Å². The summed E-state index contributed by atoms with van der Waals surface area (Å²) in [6, 6.07) is 0. The Labute approximate surface area is 58.2 Å².